The van der Waals surface area contributed by atoms with E-state index in [1.807, 2.05) is 0 Å². The van der Waals surface area contributed by atoms with Gasteiger partial charge in [0.2, 0.25) is 5.91 Å². The number of aliphatic hydroxyl groups excluding tert-OH is 1. The molecule has 0 aliphatic heterocycles. The molecule has 0 saturated heterocycles. The second-order valence-electron chi connectivity index (χ2n) is 3.56. The summed E-state index contributed by atoms with van der Waals surface area (Å²) in [5.74, 6) is -1.19. The molecule has 7 heteroatoms. The molecule has 0 heterocycles. The molecule has 4 nitrogen and oxygen atoms in total. The number of nitrogens with one attached hydrogen (secondary N) is 1. The largest absolute Gasteiger partial charge is 0.395 e. The second kappa shape index (κ2) is 6.82. The van der Waals surface area contributed by atoms with Gasteiger partial charge in [-0.15, -0.1) is 0 Å². The summed E-state index contributed by atoms with van der Waals surface area (Å²) in [5, 5.41) is 10.4. The molecular weight excluding hydrogens is 281 g/mol. The maximum Gasteiger partial charge on any atom is 0.239 e. The van der Waals surface area contributed by atoms with Gasteiger partial charge < -0.3 is 10.4 Å². The van der Waals surface area contributed by atoms with Gasteiger partial charge in [0.25, 0.3) is 0 Å². The Bertz CT molecular complexity index is 470. The van der Waals surface area contributed by atoms with Crippen molar-refractivity contribution in [2.24, 2.45) is 0 Å². The highest BCUT2D eigenvalue weighted by atomic mass is 35.5. The van der Waals surface area contributed by atoms with Crippen LogP contribution in [0.2, 0.25) is 5.02 Å². The van der Waals surface area contributed by atoms with E-state index in [0.29, 0.717) is 0 Å². The number of carbonyl (C=O) groups excluding carboxylic acids is 1. The number of anilines is 1. The minimum Gasteiger partial charge on any atom is -0.395 e. The Balaban J connectivity index is 2.75. The minimum absolute atomic E-state index is 0.00656. The SMILES string of the molecule is CC(C(=O)Nc1cc(Cl)ccc1F)S(=O)CCO. The Morgan fingerprint density at radius 2 is 2.28 bits per heavy atom. The number of amides is 1. The maximum atomic E-state index is 13.4. The van der Waals surface area contributed by atoms with E-state index in [1.165, 1.54) is 19.1 Å². The van der Waals surface area contributed by atoms with Crippen LogP contribution in [0.1, 0.15) is 6.92 Å². The molecule has 1 rings (SSSR count). The molecule has 0 aliphatic rings. The molecule has 2 atom stereocenters. The van der Waals surface area contributed by atoms with Gasteiger partial charge in [0.05, 0.1) is 12.3 Å². The normalized spacial score (nSPS) is 14.0. The van der Waals surface area contributed by atoms with E-state index in [9.17, 15) is 13.4 Å². The van der Waals surface area contributed by atoms with Crippen LogP contribution in [-0.4, -0.2) is 32.8 Å². The number of hydrogen-bond acceptors (Lipinski definition) is 3. The van der Waals surface area contributed by atoms with Crippen LogP contribution in [0.4, 0.5) is 10.1 Å². The lowest BCUT2D eigenvalue weighted by Crippen LogP contribution is -2.31. The van der Waals surface area contributed by atoms with Gasteiger partial charge in [0, 0.05) is 21.6 Å². The van der Waals surface area contributed by atoms with Crippen molar-refractivity contribution >= 4 is 34.0 Å². The van der Waals surface area contributed by atoms with Crippen molar-refractivity contribution in [1.82, 2.24) is 0 Å². The van der Waals surface area contributed by atoms with Crippen molar-refractivity contribution in [3.63, 3.8) is 0 Å². The Morgan fingerprint density at radius 3 is 2.89 bits per heavy atom. The highest BCUT2D eigenvalue weighted by molar-refractivity contribution is 7.86. The predicted octanol–water partition coefficient (Wildman–Crippen LogP) is 1.55. The number of rotatable bonds is 5. The monoisotopic (exact) mass is 293 g/mol. The van der Waals surface area contributed by atoms with Crippen molar-refractivity contribution in [1.29, 1.82) is 0 Å². The molecule has 18 heavy (non-hydrogen) atoms. The van der Waals surface area contributed by atoms with Gasteiger partial charge in [-0.05, 0) is 25.1 Å². The highest BCUT2D eigenvalue weighted by Gasteiger charge is 2.20. The van der Waals surface area contributed by atoms with Gasteiger partial charge in [0.15, 0.2) is 0 Å². The zero-order valence-electron chi connectivity index (χ0n) is 9.65. The molecule has 0 aromatic heterocycles. The first-order valence-electron chi connectivity index (χ1n) is 5.19. The summed E-state index contributed by atoms with van der Waals surface area (Å²) in [5.41, 5.74) is -0.0552. The van der Waals surface area contributed by atoms with Gasteiger partial charge in [-0.1, -0.05) is 11.6 Å². The Labute approximate surface area is 112 Å². The van der Waals surface area contributed by atoms with Crippen molar-refractivity contribution in [3.8, 4) is 0 Å². The summed E-state index contributed by atoms with van der Waals surface area (Å²) < 4.78 is 24.9. The van der Waals surface area contributed by atoms with Gasteiger partial charge in [-0.3, -0.25) is 9.00 Å². The Morgan fingerprint density at radius 1 is 1.61 bits per heavy atom. The van der Waals surface area contributed by atoms with Crippen LogP contribution in [-0.2, 0) is 15.6 Å². The molecule has 1 amide bonds. The summed E-state index contributed by atoms with van der Waals surface area (Å²) in [6, 6.07) is 3.77. The summed E-state index contributed by atoms with van der Waals surface area (Å²) in [4.78, 5) is 11.7. The number of benzene rings is 1. The van der Waals surface area contributed by atoms with Crippen molar-refractivity contribution in [2.45, 2.75) is 12.2 Å². The highest BCUT2D eigenvalue weighted by Crippen LogP contribution is 2.19. The molecule has 0 saturated carbocycles. The number of aliphatic hydroxyl groups is 1. The first-order valence-corrected chi connectivity index (χ1v) is 6.95. The summed E-state index contributed by atoms with van der Waals surface area (Å²) in [6.07, 6.45) is 0. The molecule has 2 unspecified atom stereocenters. The van der Waals surface area contributed by atoms with Crippen LogP contribution < -0.4 is 5.32 Å². The third-order valence-corrected chi connectivity index (χ3v) is 4.07. The standard InChI is InChI=1S/C11H13ClFNO3S/c1-7(18(17)5-4-15)11(16)14-10-6-8(12)2-3-9(10)13/h2-3,6-7,15H,4-5H2,1H3,(H,14,16). The lowest BCUT2D eigenvalue weighted by atomic mass is 10.3. The fourth-order valence-electron chi connectivity index (χ4n) is 1.21. The van der Waals surface area contributed by atoms with E-state index in [-0.39, 0.29) is 23.1 Å². The van der Waals surface area contributed by atoms with Crippen LogP contribution in [0, 0.1) is 5.82 Å². The molecule has 0 bridgehead atoms. The average Bonchev–Trinajstić information content (AvgIpc) is 2.33. The molecule has 100 valence electrons. The van der Waals surface area contributed by atoms with Crippen LogP contribution in [0.25, 0.3) is 0 Å². The number of carbonyl (C=O) groups is 1. The van der Waals surface area contributed by atoms with E-state index in [1.54, 1.807) is 0 Å². The summed E-state index contributed by atoms with van der Waals surface area (Å²) >= 11 is 5.68. The fraction of sp³-hybridized carbons (Fsp3) is 0.364. The van der Waals surface area contributed by atoms with E-state index in [2.05, 4.69) is 5.32 Å². The molecule has 0 fully saturated rings. The topological polar surface area (TPSA) is 66.4 Å². The van der Waals surface area contributed by atoms with Gasteiger partial charge in [-0.25, -0.2) is 4.39 Å². The molecule has 0 spiro atoms. The average molecular weight is 294 g/mol. The van der Waals surface area contributed by atoms with Crippen molar-refractivity contribution < 1.29 is 18.5 Å². The fourth-order valence-corrected chi connectivity index (χ4v) is 2.22. The van der Waals surface area contributed by atoms with E-state index in [4.69, 9.17) is 16.7 Å². The first-order chi connectivity index (χ1) is 8.45. The van der Waals surface area contributed by atoms with Crippen molar-refractivity contribution in [2.75, 3.05) is 17.7 Å². The number of halogens is 2. The van der Waals surface area contributed by atoms with Gasteiger partial charge in [0.1, 0.15) is 11.1 Å². The van der Waals surface area contributed by atoms with E-state index >= 15 is 0 Å². The van der Waals surface area contributed by atoms with Crippen LogP contribution in [0.3, 0.4) is 0 Å². The van der Waals surface area contributed by atoms with Crippen LogP contribution >= 0.6 is 11.6 Å². The third-order valence-electron chi connectivity index (χ3n) is 2.24. The van der Waals surface area contributed by atoms with E-state index in [0.717, 1.165) is 6.07 Å². The lowest BCUT2D eigenvalue weighted by Gasteiger charge is -2.12. The third kappa shape index (κ3) is 4.04. The molecule has 1 aromatic carbocycles. The maximum absolute atomic E-state index is 13.4. The predicted molar refractivity (Wildman–Crippen MR) is 69.6 cm³/mol. The second-order valence-corrected chi connectivity index (χ2v) is 5.88. The summed E-state index contributed by atoms with van der Waals surface area (Å²) in [6.45, 7) is 1.18. The number of hydrogen-bond donors (Lipinski definition) is 2. The smallest absolute Gasteiger partial charge is 0.239 e. The minimum atomic E-state index is -1.50. The Hall–Kier alpha value is -0.980. The molecule has 0 radical (unpaired) electrons. The van der Waals surface area contributed by atoms with E-state index < -0.39 is 27.8 Å². The molecule has 2 N–H and O–H groups in total. The van der Waals surface area contributed by atoms with Crippen molar-refractivity contribution in [3.05, 3.63) is 29.0 Å². The zero-order chi connectivity index (χ0) is 13.7. The quantitative estimate of drug-likeness (QED) is 0.865. The summed E-state index contributed by atoms with van der Waals surface area (Å²) in [7, 11) is -1.50. The van der Waals surface area contributed by atoms with Gasteiger partial charge in [-0.2, -0.15) is 0 Å². The first kappa shape index (κ1) is 15.1. The zero-order valence-corrected chi connectivity index (χ0v) is 11.2. The Kier molecular flexibility index (Phi) is 5.71. The molecule has 0 aliphatic carbocycles. The lowest BCUT2D eigenvalue weighted by molar-refractivity contribution is -0.115. The molecular formula is C11H13ClFNO3S. The van der Waals surface area contributed by atoms with Crippen LogP contribution in [0.15, 0.2) is 18.2 Å². The van der Waals surface area contributed by atoms with Crippen LogP contribution in [0.5, 0.6) is 0 Å². The van der Waals surface area contributed by atoms with Gasteiger partial charge >= 0.3 is 0 Å². The molecule has 1 aromatic rings.